The number of urea groups is 1. The molecule has 0 unspecified atom stereocenters. The van der Waals surface area contributed by atoms with Crippen LogP contribution in [0.25, 0.3) is 0 Å². The number of rotatable bonds is 4. The highest BCUT2D eigenvalue weighted by atomic mass is 19.1. The SMILES string of the molecule is COc1ccc(NC(=O)NC(=O)CN2CCCc3cc(C)cc(F)c32)cc1. The molecule has 0 bridgehead atoms. The van der Waals surface area contributed by atoms with E-state index in [0.29, 0.717) is 23.7 Å². The molecule has 142 valence electrons. The number of halogens is 1. The van der Waals surface area contributed by atoms with E-state index in [0.717, 1.165) is 24.0 Å². The third-order valence-corrected chi connectivity index (χ3v) is 4.41. The van der Waals surface area contributed by atoms with E-state index < -0.39 is 11.9 Å². The number of carbonyl (C=O) groups is 2. The lowest BCUT2D eigenvalue weighted by Crippen LogP contribution is -2.43. The van der Waals surface area contributed by atoms with Gasteiger partial charge < -0.3 is 15.0 Å². The van der Waals surface area contributed by atoms with E-state index >= 15 is 0 Å². The van der Waals surface area contributed by atoms with Crippen LogP contribution in [0, 0.1) is 12.7 Å². The van der Waals surface area contributed by atoms with E-state index in [4.69, 9.17) is 4.74 Å². The van der Waals surface area contributed by atoms with Crippen LogP contribution in [0.1, 0.15) is 17.5 Å². The number of aryl methyl sites for hydroxylation is 2. The molecule has 0 aliphatic carbocycles. The highest BCUT2D eigenvalue weighted by Gasteiger charge is 2.23. The Bertz CT molecular complexity index is 852. The van der Waals surface area contributed by atoms with E-state index in [1.54, 1.807) is 36.3 Å². The molecule has 3 amide bonds. The van der Waals surface area contributed by atoms with Crippen molar-refractivity contribution in [3.8, 4) is 5.75 Å². The molecule has 6 nitrogen and oxygen atoms in total. The quantitative estimate of drug-likeness (QED) is 0.866. The third kappa shape index (κ3) is 4.55. The molecule has 27 heavy (non-hydrogen) atoms. The normalized spacial score (nSPS) is 12.9. The van der Waals surface area contributed by atoms with E-state index in [1.165, 1.54) is 6.07 Å². The number of hydrogen-bond donors (Lipinski definition) is 2. The molecule has 7 heteroatoms. The van der Waals surface area contributed by atoms with Gasteiger partial charge in [-0.1, -0.05) is 6.07 Å². The van der Waals surface area contributed by atoms with Crippen LogP contribution in [0.2, 0.25) is 0 Å². The number of carbonyl (C=O) groups excluding carboxylic acids is 2. The van der Waals surface area contributed by atoms with Gasteiger partial charge in [-0.05, 0) is 61.2 Å². The van der Waals surface area contributed by atoms with Crippen molar-refractivity contribution in [3.05, 3.63) is 53.3 Å². The Hall–Kier alpha value is -3.09. The van der Waals surface area contributed by atoms with Crippen molar-refractivity contribution in [2.75, 3.05) is 30.4 Å². The van der Waals surface area contributed by atoms with Crippen LogP contribution in [-0.4, -0.2) is 32.1 Å². The van der Waals surface area contributed by atoms with E-state index in [9.17, 15) is 14.0 Å². The zero-order valence-electron chi connectivity index (χ0n) is 15.3. The summed E-state index contributed by atoms with van der Waals surface area (Å²) in [7, 11) is 1.55. The maximum absolute atomic E-state index is 14.4. The summed E-state index contributed by atoms with van der Waals surface area (Å²) in [5, 5.41) is 4.86. The number of imide groups is 1. The first-order chi connectivity index (χ1) is 13.0. The van der Waals surface area contributed by atoms with Crippen molar-refractivity contribution in [3.63, 3.8) is 0 Å². The molecule has 1 aliphatic heterocycles. The predicted molar refractivity (Wildman–Crippen MR) is 102 cm³/mol. The van der Waals surface area contributed by atoms with E-state index in [1.807, 2.05) is 13.0 Å². The minimum Gasteiger partial charge on any atom is -0.497 e. The summed E-state index contributed by atoms with van der Waals surface area (Å²) < 4.78 is 19.4. The van der Waals surface area contributed by atoms with Crippen LogP contribution < -0.4 is 20.3 Å². The lowest BCUT2D eigenvalue weighted by molar-refractivity contribution is -0.118. The first kappa shape index (κ1) is 18.7. The van der Waals surface area contributed by atoms with Gasteiger partial charge in [0.15, 0.2) is 0 Å². The Morgan fingerprint density at radius 1 is 1.22 bits per heavy atom. The van der Waals surface area contributed by atoms with Crippen molar-refractivity contribution in [1.29, 1.82) is 0 Å². The third-order valence-electron chi connectivity index (χ3n) is 4.41. The average molecular weight is 371 g/mol. The minimum absolute atomic E-state index is 0.0803. The lowest BCUT2D eigenvalue weighted by atomic mass is 9.99. The first-order valence-corrected chi connectivity index (χ1v) is 8.75. The summed E-state index contributed by atoms with van der Waals surface area (Å²) in [5.74, 6) is -0.160. The minimum atomic E-state index is -0.633. The van der Waals surface area contributed by atoms with Gasteiger partial charge in [0.2, 0.25) is 5.91 Å². The zero-order valence-corrected chi connectivity index (χ0v) is 15.3. The maximum atomic E-state index is 14.4. The van der Waals surface area contributed by atoms with Gasteiger partial charge in [-0.25, -0.2) is 9.18 Å². The van der Waals surface area contributed by atoms with Crippen LogP contribution >= 0.6 is 0 Å². The van der Waals surface area contributed by atoms with Crippen LogP contribution in [-0.2, 0) is 11.2 Å². The molecule has 3 rings (SSSR count). The number of nitrogens with zero attached hydrogens (tertiary/aromatic N) is 1. The summed E-state index contributed by atoms with van der Waals surface area (Å²) in [4.78, 5) is 25.9. The second-order valence-electron chi connectivity index (χ2n) is 6.51. The summed E-state index contributed by atoms with van der Waals surface area (Å²) in [5.41, 5.74) is 2.74. The molecule has 0 saturated carbocycles. The molecule has 2 N–H and O–H groups in total. The highest BCUT2D eigenvalue weighted by molar-refractivity contribution is 6.02. The van der Waals surface area contributed by atoms with Gasteiger partial charge in [0.25, 0.3) is 0 Å². The first-order valence-electron chi connectivity index (χ1n) is 8.75. The molecular weight excluding hydrogens is 349 g/mol. The van der Waals surface area contributed by atoms with Gasteiger partial charge in [0, 0.05) is 12.2 Å². The predicted octanol–water partition coefficient (Wildman–Crippen LogP) is 3.24. The maximum Gasteiger partial charge on any atom is 0.325 e. The smallest absolute Gasteiger partial charge is 0.325 e. The Kier molecular flexibility index (Phi) is 5.59. The van der Waals surface area contributed by atoms with Crippen molar-refractivity contribution >= 4 is 23.3 Å². The molecule has 0 saturated heterocycles. The molecule has 1 aliphatic rings. The largest absolute Gasteiger partial charge is 0.497 e. The summed E-state index contributed by atoms with van der Waals surface area (Å²) in [6.07, 6.45) is 1.62. The van der Waals surface area contributed by atoms with Crippen molar-refractivity contribution in [2.45, 2.75) is 19.8 Å². The van der Waals surface area contributed by atoms with E-state index in [-0.39, 0.29) is 12.4 Å². The molecule has 0 aromatic heterocycles. The number of anilines is 2. The fourth-order valence-electron chi connectivity index (χ4n) is 3.26. The number of ether oxygens (including phenoxy) is 1. The standard InChI is InChI=1S/C20H22FN3O3/c1-13-10-14-4-3-9-24(19(14)17(21)11-13)12-18(25)23-20(26)22-15-5-7-16(27-2)8-6-15/h5-8,10-11H,3-4,9,12H2,1-2H3,(H2,22,23,25,26). The lowest BCUT2D eigenvalue weighted by Gasteiger charge is -2.31. The van der Waals surface area contributed by atoms with Gasteiger partial charge in [0.05, 0.1) is 19.3 Å². The Balaban J connectivity index is 1.60. The number of fused-ring (bicyclic) bond motifs is 1. The fraction of sp³-hybridized carbons (Fsp3) is 0.300. The number of amides is 3. The number of nitrogens with one attached hydrogen (secondary N) is 2. The summed E-state index contributed by atoms with van der Waals surface area (Å²) in [6.45, 7) is 2.34. The molecule has 2 aromatic carbocycles. The van der Waals surface area contributed by atoms with Gasteiger partial charge >= 0.3 is 6.03 Å². The van der Waals surface area contributed by atoms with Crippen LogP contribution in [0.5, 0.6) is 5.75 Å². The van der Waals surface area contributed by atoms with Gasteiger partial charge in [0.1, 0.15) is 11.6 Å². The Morgan fingerprint density at radius 2 is 1.96 bits per heavy atom. The molecule has 0 spiro atoms. The topological polar surface area (TPSA) is 70.7 Å². The van der Waals surface area contributed by atoms with Gasteiger partial charge in [-0.2, -0.15) is 0 Å². The molecule has 0 radical (unpaired) electrons. The van der Waals surface area contributed by atoms with E-state index in [2.05, 4.69) is 10.6 Å². The molecule has 0 atom stereocenters. The zero-order chi connectivity index (χ0) is 19.4. The second kappa shape index (κ2) is 8.07. The van der Waals surface area contributed by atoms with Gasteiger partial charge in [-0.15, -0.1) is 0 Å². The number of methoxy groups -OCH3 is 1. The fourth-order valence-corrected chi connectivity index (χ4v) is 3.26. The second-order valence-corrected chi connectivity index (χ2v) is 6.51. The van der Waals surface area contributed by atoms with Crippen LogP contribution in [0.3, 0.4) is 0 Å². The molecular formula is C20H22FN3O3. The number of benzene rings is 2. The Labute approximate surface area is 157 Å². The summed E-state index contributed by atoms with van der Waals surface area (Å²) >= 11 is 0. The Morgan fingerprint density at radius 3 is 2.67 bits per heavy atom. The molecule has 2 aromatic rings. The van der Waals surface area contributed by atoms with Crippen molar-refractivity contribution < 1.29 is 18.7 Å². The average Bonchev–Trinajstić information content (AvgIpc) is 2.61. The van der Waals surface area contributed by atoms with Crippen molar-refractivity contribution in [2.24, 2.45) is 0 Å². The van der Waals surface area contributed by atoms with Crippen LogP contribution in [0.4, 0.5) is 20.6 Å². The molecule has 1 heterocycles. The number of hydrogen-bond acceptors (Lipinski definition) is 4. The van der Waals surface area contributed by atoms with Crippen LogP contribution in [0.15, 0.2) is 36.4 Å². The molecule has 0 fully saturated rings. The van der Waals surface area contributed by atoms with Gasteiger partial charge in [-0.3, -0.25) is 10.1 Å². The monoisotopic (exact) mass is 371 g/mol. The summed E-state index contributed by atoms with van der Waals surface area (Å²) in [6, 6.07) is 9.51. The van der Waals surface area contributed by atoms with Crippen molar-refractivity contribution in [1.82, 2.24) is 5.32 Å². The highest BCUT2D eigenvalue weighted by Crippen LogP contribution is 2.30.